The van der Waals surface area contributed by atoms with Gasteiger partial charge in [0.05, 0.1) is 15.8 Å². The van der Waals surface area contributed by atoms with Crippen LogP contribution < -0.4 is 5.56 Å². The van der Waals surface area contributed by atoms with Crippen molar-refractivity contribution in [3.8, 4) is 0 Å². The predicted octanol–water partition coefficient (Wildman–Crippen LogP) is 3.91. The molecule has 0 N–H and O–H groups in total. The summed E-state index contributed by atoms with van der Waals surface area (Å²) in [5.74, 6) is -6.78. The van der Waals surface area contributed by atoms with Crippen molar-refractivity contribution in [3.63, 3.8) is 0 Å². The van der Waals surface area contributed by atoms with Gasteiger partial charge in [-0.3, -0.25) is 9.36 Å². The number of fused-ring (bicyclic) bond motifs is 1. The lowest BCUT2D eigenvalue weighted by Crippen LogP contribution is -2.23. The van der Waals surface area contributed by atoms with E-state index in [0.717, 1.165) is 0 Å². The zero-order valence-corrected chi connectivity index (χ0v) is 13.7. The van der Waals surface area contributed by atoms with Crippen molar-refractivity contribution in [1.29, 1.82) is 0 Å². The van der Waals surface area contributed by atoms with Crippen LogP contribution in [0.25, 0.3) is 10.9 Å². The van der Waals surface area contributed by atoms with Crippen LogP contribution in [-0.2, 0) is 6.54 Å². The van der Waals surface area contributed by atoms with Crippen molar-refractivity contribution in [2.75, 3.05) is 0 Å². The summed E-state index contributed by atoms with van der Waals surface area (Å²) in [6.45, 7) is 2.04. The van der Waals surface area contributed by atoms with E-state index in [1.165, 1.54) is 4.57 Å². The number of hydrogen-bond donors (Lipinski definition) is 0. The molecule has 0 saturated carbocycles. The molecule has 2 heterocycles. The van der Waals surface area contributed by atoms with Crippen LogP contribution in [0.15, 0.2) is 39.1 Å². The van der Waals surface area contributed by atoms with Crippen molar-refractivity contribution in [3.05, 3.63) is 58.1 Å². The summed E-state index contributed by atoms with van der Waals surface area (Å²) < 4.78 is 55.6. The Labute approximate surface area is 143 Å². The van der Waals surface area contributed by atoms with Crippen LogP contribution in [0.4, 0.5) is 17.6 Å². The molecule has 4 nitrogen and oxygen atoms in total. The van der Waals surface area contributed by atoms with Gasteiger partial charge in [0.15, 0.2) is 16.8 Å². The molecule has 25 heavy (non-hydrogen) atoms. The lowest BCUT2D eigenvalue weighted by atomic mass is 10.2. The second kappa shape index (κ2) is 6.83. The summed E-state index contributed by atoms with van der Waals surface area (Å²) >= 11 is 0.347. The fourth-order valence-electron chi connectivity index (χ4n) is 2.30. The summed E-state index contributed by atoms with van der Waals surface area (Å²) in [6.07, 6.45) is 0.553. The Hall–Kier alpha value is -2.42. The van der Waals surface area contributed by atoms with Crippen LogP contribution in [-0.4, -0.2) is 14.5 Å². The number of hydrogen-bond acceptors (Lipinski definition) is 4. The van der Waals surface area contributed by atoms with E-state index in [2.05, 4.69) is 9.97 Å². The predicted molar refractivity (Wildman–Crippen MR) is 84.5 cm³/mol. The molecular weight excluding hydrogens is 358 g/mol. The van der Waals surface area contributed by atoms with E-state index in [1.807, 2.05) is 6.92 Å². The molecular formula is C16H11F4N3OS. The molecule has 0 fully saturated rings. The van der Waals surface area contributed by atoms with E-state index < -0.39 is 34.0 Å². The second-order valence-corrected chi connectivity index (χ2v) is 6.10. The molecule has 0 radical (unpaired) electrons. The van der Waals surface area contributed by atoms with Gasteiger partial charge >= 0.3 is 0 Å². The minimum Gasteiger partial charge on any atom is -0.287 e. The zero-order chi connectivity index (χ0) is 18.1. The van der Waals surface area contributed by atoms with Crippen LogP contribution in [0.1, 0.15) is 13.3 Å². The Kier molecular flexibility index (Phi) is 4.76. The Morgan fingerprint density at radius 3 is 2.32 bits per heavy atom. The smallest absolute Gasteiger partial charge is 0.262 e. The largest absolute Gasteiger partial charge is 0.287 e. The molecule has 0 unspecified atom stereocenters. The van der Waals surface area contributed by atoms with Gasteiger partial charge in [-0.1, -0.05) is 19.1 Å². The van der Waals surface area contributed by atoms with Gasteiger partial charge < -0.3 is 0 Å². The molecule has 3 aromatic rings. The van der Waals surface area contributed by atoms with E-state index in [1.54, 1.807) is 24.3 Å². The van der Waals surface area contributed by atoms with Crippen LogP contribution in [0, 0.1) is 23.5 Å². The van der Waals surface area contributed by atoms with Gasteiger partial charge in [0.25, 0.3) is 17.5 Å². The minimum atomic E-state index is -1.76. The number of pyridine rings is 1. The van der Waals surface area contributed by atoms with Crippen LogP contribution in [0.3, 0.4) is 0 Å². The third-order valence-corrected chi connectivity index (χ3v) is 4.48. The summed E-state index contributed by atoms with van der Waals surface area (Å²) in [5.41, 5.74) is -0.0797. The van der Waals surface area contributed by atoms with Gasteiger partial charge in [-0.05, 0) is 30.3 Å². The number of benzene rings is 1. The molecule has 0 saturated heterocycles. The average molecular weight is 369 g/mol. The van der Waals surface area contributed by atoms with Crippen LogP contribution >= 0.6 is 11.8 Å². The van der Waals surface area contributed by atoms with Gasteiger partial charge in [0, 0.05) is 6.54 Å². The molecule has 3 rings (SSSR count). The topological polar surface area (TPSA) is 47.8 Å². The highest BCUT2D eigenvalue weighted by atomic mass is 32.2. The van der Waals surface area contributed by atoms with E-state index in [0.29, 0.717) is 29.1 Å². The van der Waals surface area contributed by atoms with Gasteiger partial charge in [0.1, 0.15) is 0 Å². The number of halogens is 4. The Balaban J connectivity index is 2.23. The fraction of sp³-hybridized carbons (Fsp3) is 0.188. The minimum absolute atomic E-state index is 0.0617. The van der Waals surface area contributed by atoms with E-state index in [-0.39, 0.29) is 11.7 Å². The molecule has 9 heteroatoms. The summed E-state index contributed by atoms with van der Waals surface area (Å²) in [7, 11) is 0. The third kappa shape index (κ3) is 3.11. The normalized spacial score (nSPS) is 11.2. The number of rotatable bonds is 4. The highest BCUT2D eigenvalue weighted by molar-refractivity contribution is 7.99. The van der Waals surface area contributed by atoms with Gasteiger partial charge in [-0.2, -0.15) is 13.8 Å². The molecule has 0 aliphatic rings. The molecule has 0 spiro atoms. The van der Waals surface area contributed by atoms with Crippen molar-refractivity contribution >= 4 is 22.7 Å². The Morgan fingerprint density at radius 1 is 1.04 bits per heavy atom. The van der Waals surface area contributed by atoms with Crippen LogP contribution in [0.5, 0.6) is 0 Å². The van der Waals surface area contributed by atoms with Crippen molar-refractivity contribution < 1.29 is 17.6 Å². The highest BCUT2D eigenvalue weighted by Gasteiger charge is 2.24. The number of aromatic nitrogens is 3. The van der Waals surface area contributed by atoms with E-state index in [4.69, 9.17) is 0 Å². The third-order valence-electron chi connectivity index (χ3n) is 3.42. The highest BCUT2D eigenvalue weighted by Crippen LogP contribution is 2.32. The summed E-state index contributed by atoms with van der Waals surface area (Å²) in [6, 6.07) is 6.47. The summed E-state index contributed by atoms with van der Waals surface area (Å²) in [5, 5.41) is 0.279. The zero-order valence-electron chi connectivity index (χ0n) is 12.9. The first kappa shape index (κ1) is 17.4. The fourth-order valence-corrected chi connectivity index (χ4v) is 3.25. The lowest BCUT2D eigenvalue weighted by Gasteiger charge is -2.13. The van der Waals surface area contributed by atoms with E-state index >= 15 is 0 Å². The monoisotopic (exact) mass is 369 g/mol. The maximum absolute atomic E-state index is 13.9. The Bertz CT molecular complexity index is 996. The van der Waals surface area contributed by atoms with Gasteiger partial charge in [-0.15, -0.1) is 0 Å². The number of para-hydroxylation sites is 1. The second-order valence-electron chi connectivity index (χ2n) is 5.12. The first-order chi connectivity index (χ1) is 11.9. The first-order valence-electron chi connectivity index (χ1n) is 7.31. The Morgan fingerprint density at radius 2 is 1.68 bits per heavy atom. The maximum Gasteiger partial charge on any atom is 0.262 e. The molecule has 0 bridgehead atoms. The van der Waals surface area contributed by atoms with Crippen LogP contribution in [0.2, 0.25) is 0 Å². The molecule has 130 valence electrons. The summed E-state index contributed by atoms with van der Waals surface area (Å²) in [4.78, 5) is 18.4. The first-order valence-corrected chi connectivity index (χ1v) is 8.13. The molecule has 2 aromatic heterocycles. The molecule has 0 aliphatic carbocycles. The molecule has 0 atom stereocenters. The molecule has 1 aromatic carbocycles. The lowest BCUT2D eigenvalue weighted by molar-refractivity contribution is 0.383. The maximum atomic E-state index is 13.9. The van der Waals surface area contributed by atoms with Gasteiger partial charge in [0.2, 0.25) is 0 Å². The standard InChI is InChI=1S/C16H11F4N3OS/c1-2-7-23-15(24)8-5-3-4-6-9(8)21-16(23)25-12-10(17)13(19)22-14(20)11(12)18/h3-6H,2,7H2,1H3. The van der Waals surface area contributed by atoms with E-state index in [9.17, 15) is 22.4 Å². The SMILES string of the molecule is CCCn1c(Sc2c(F)c(F)nc(F)c2F)nc2ccccc2c1=O. The van der Waals surface area contributed by atoms with Gasteiger partial charge in [-0.25, -0.2) is 13.8 Å². The van der Waals surface area contributed by atoms with Crippen molar-refractivity contribution in [2.45, 2.75) is 29.9 Å². The average Bonchev–Trinajstić information content (AvgIpc) is 2.60. The quantitative estimate of drug-likeness (QED) is 0.397. The van der Waals surface area contributed by atoms with Crippen molar-refractivity contribution in [1.82, 2.24) is 14.5 Å². The van der Waals surface area contributed by atoms with Crippen molar-refractivity contribution in [2.24, 2.45) is 0 Å². The molecule has 0 amide bonds. The molecule has 0 aliphatic heterocycles. The number of nitrogens with zero attached hydrogens (tertiary/aromatic N) is 3.